The van der Waals surface area contributed by atoms with Crippen LogP contribution in [-0.4, -0.2) is 31.6 Å². The predicted octanol–water partition coefficient (Wildman–Crippen LogP) is 3.57. The summed E-state index contributed by atoms with van der Waals surface area (Å²) in [7, 11) is 1.62. The van der Waals surface area contributed by atoms with E-state index in [4.69, 9.17) is 44.3 Å². The topological polar surface area (TPSA) is 79.1 Å². The lowest BCUT2D eigenvalue weighted by Crippen LogP contribution is -2.30. The van der Waals surface area contributed by atoms with Crippen LogP contribution in [0, 0.1) is 0 Å². The van der Waals surface area contributed by atoms with E-state index in [0.717, 1.165) is 11.3 Å². The molecule has 2 aromatic carbocycles. The molecular formula is C17H18Cl3NO4. The normalized spacial score (nSPS) is 9.92. The molecule has 0 fully saturated rings. The fourth-order valence-electron chi connectivity index (χ4n) is 1.99. The van der Waals surface area contributed by atoms with Crippen LogP contribution in [0.25, 0.3) is 0 Å². The maximum Gasteiger partial charge on any atom is 0.257 e. The van der Waals surface area contributed by atoms with Crippen LogP contribution >= 0.6 is 34.8 Å². The molecule has 2 rings (SSSR count). The SMILES string of the molecule is COc1ccc(CCNC(=O)COc2c(Cl)cc(Cl)cc2Cl)cc1.O. The van der Waals surface area contributed by atoms with Gasteiger partial charge in [0.25, 0.3) is 5.91 Å². The summed E-state index contributed by atoms with van der Waals surface area (Å²) in [5, 5.41) is 3.70. The zero-order valence-electron chi connectivity index (χ0n) is 13.4. The molecule has 0 atom stereocenters. The van der Waals surface area contributed by atoms with E-state index in [-0.39, 0.29) is 33.8 Å². The summed E-state index contributed by atoms with van der Waals surface area (Å²) in [5.74, 6) is 0.784. The number of amides is 1. The summed E-state index contributed by atoms with van der Waals surface area (Å²) in [6, 6.07) is 10.7. The van der Waals surface area contributed by atoms with Crippen LogP contribution in [-0.2, 0) is 11.2 Å². The van der Waals surface area contributed by atoms with E-state index in [1.54, 1.807) is 7.11 Å². The van der Waals surface area contributed by atoms with Crippen molar-refractivity contribution in [2.75, 3.05) is 20.3 Å². The first-order valence-electron chi connectivity index (χ1n) is 7.16. The zero-order valence-corrected chi connectivity index (χ0v) is 15.7. The van der Waals surface area contributed by atoms with Crippen molar-refractivity contribution >= 4 is 40.7 Å². The highest BCUT2D eigenvalue weighted by Gasteiger charge is 2.11. The summed E-state index contributed by atoms with van der Waals surface area (Å²) in [4.78, 5) is 11.8. The summed E-state index contributed by atoms with van der Waals surface area (Å²) in [6.45, 7) is 0.320. The van der Waals surface area contributed by atoms with Crippen LogP contribution < -0.4 is 14.8 Å². The van der Waals surface area contributed by atoms with Gasteiger partial charge in [0.2, 0.25) is 0 Å². The van der Waals surface area contributed by atoms with Crippen molar-refractivity contribution in [2.24, 2.45) is 0 Å². The van der Waals surface area contributed by atoms with Crippen LogP contribution in [0.1, 0.15) is 5.56 Å². The lowest BCUT2D eigenvalue weighted by Gasteiger charge is -2.11. The zero-order chi connectivity index (χ0) is 17.5. The number of hydrogen-bond acceptors (Lipinski definition) is 3. The molecule has 136 valence electrons. The van der Waals surface area contributed by atoms with Gasteiger partial charge in [-0.3, -0.25) is 4.79 Å². The van der Waals surface area contributed by atoms with Gasteiger partial charge in [0, 0.05) is 11.6 Å². The van der Waals surface area contributed by atoms with Gasteiger partial charge < -0.3 is 20.3 Å². The first-order valence-corrected chi connectivity index (χ1v) is 8.30. The maximum absolute atomic E-state index is 11.8. The minimum absolute atomic E-state index is 0. The van der Waals surface area contributed by atoms with Gasteiger partial charge in [0.1, 0.15) is 5.75 Å². The molecule has 0 aliphatic rings. The number of benzene rings is 2. The molecule has 2 aromatic rings. The molecule has 0 unspecified atom stereocenters. The van der Waals surface area contributed by atoms with E-state index in [0.29, 0.717) is 18.0 Å². The first kappa shape index (κ1) is 21.4. The van der Waals surface area contributed by atoms with Gasteiger partial charge in [0.05, 0.1) is 17.2 Å². The minimum atomic E-state index is -0.259. The van der Waals surface area contributed by atoms with Crippen LogP contribution in [0.4, 0.5) is 0 Å². The van der Waals surface area contributed by atoms with Crippen LogP contribution in [0.3, 0.4) is 0 Å². The van der Waals surface area contributed by atoms with Gasteiger partial charge in [-0.05, 0) is 36.2 Å². The van der Waals surface area contributed by atoms with Gasteiger partial charge >= 0.3 is 0 Å². The average Bonchev–Trinajstić information content (AvgIpc) is 2.54. The Morgan fingerprint density at radius 2 is 1.68 bits per heavy atom. The van der Waals surface area contributed by atoms with E-state index in [2.05, 4.69) is 5.32 Å². The van der Waals surface area contributed by atoms with Gasteiger partial charge in [-0.15, -0.1) is 0 Å². The molecule has 0 saturated heterocycles. The molecule has 5 nitrogen and oxygen atoms in total. The number of methoxy groups -OCH3 is 1. The van der Waals surface area contributed by atoms with E-state index in [1.807, 2.05) is 24.3 Å². The lowest BCUT2D eigenvalue weighted by atomic mass is 10.1. The first-order chi connectivity index (χ1) is 11.5. The van der Waals surface area contributed by atoms with E-state index in [1.165, 1.54) is 12.1 Å². The average molecular weight is 407 g/mol. The predicted molar refractivity (Wildman–Crippen MR) is 100 cm³/mol. The lowest BCUT2D eigenvalue weighted by molar-refractivity contribution is -0.123. The number of carbonyl (C=O) groups is 1. The Morgan fingerprint density at radius 3 is 2.24 bits per heavy atom. The third-order valence-electron chi connectivity index (χ3n) is 3.21. The Kier molecular flexibility index (Phi) is 8.86. The molecular weight excluding hydrogens is 389 g/mol. The molecule has 0 radical (unpaired) electrons. The van der Waals surface area contributed by atoms with Crippen molar-refractivity contribution in [3.8, 4) is 11.5 Å². The van der Waals surface area contributed by atoms with Crippen LogP contribution in [0.15, 0.2) is 36.4 Å². The third-order valence-corrected chi connectivity index (χ3v) is 3.99. The van der Waals surface area contributed by atoms with E-state index >= 15 is 0 Å². The number of carbonyl (C=O) groups excluding carboxylic acids is 1. The van der Waals surface area contributed by atoms with Crippen LogP contribution in [0.2, 0.25) is 15.1 Å². The van der Waals surface area contributed by atoms with E-state index in [9.17, 15) is 4.79 Å². The highest BCUT2D eigenvalue weighted by atomic mass is 35.5. The summed E-state index contributed by atoms with van der Waals surface area (Å²) < 4.78 is 10.5. The number of hydrogen-bond donors (Lipinski definition) is 1. The van der Waals surface area contributed by atoms with Crippen molar-refractivity contribution in [2.45, 2.75) is 6.42 Å². The smallest absolute Gasteiger partial charge is 0.257 e. The number of halogens is 3. The molecule has 25 heavy (non-hydrogen) atoms. The van der Waals surface area contributed by atoms with Crippen molar-refractivity contribution in [3.05, 3.63) is 57.0 Å². The molecule has 0 bridgehead atoms. The summed E-state index contributed by atoms with van der Waals surface area (Å²) in [6.07, 6.45) is 0.707. The van der Waals surface area contributed by atoms with Crippen molar-refractivity contribution in [1.29, 1.82) is 0 Å². The van der Waals surface area contributed by atoms with Crippen molar-refractivity contribution in [1.82, 2.24) is 5.32 Å². The van der Waals surface area contributed by atoms with Crippen molar-refractivity contribution < 1.29 is 19.7 Å². The Hall–Kier alpha value is -1.66. The number of nitrogens with one attached hydrogen (secondary N) is 1. The summed E-state index contributed by atoms with van der Waals surface area (Å²) >= 11 is 17.8. The molecule has 0 saturated carbocycles. The molecule has 0 aromatic heterocycles. The second-order valence-corrected chi connectivity index (χ2v) is 6.19. The largest absolute Gasteiger partial charge is 0.497 e. The quantitative estimate of drug-likeness (QED) is 0.763. The second-order valence-electron chi connectivity index (χ2n) is 4.94. The Bertz CT molecular complexity index is 685. The van der Waals surface area contributed by atoms with Gasteiger partial charge in [0.15, 0.2) is 12.4 Å². The van der Waals surface area contributed by atoms with Crippen molar-refractivity contribution in [3.63, 3.8) is 0 Å². The number of rotatable bonds is 7. The molecule has 3 N–H and O–H groups in total. The van der Waals surface area contributed by atoms with Gasteiger partial charge in [-0.1, -0.05) is 46.9 Å². The van der Waals surface area contributed by atoms with E-state index < -0.39 is 0 Å². The van der Waals surface area contributed by atoms with Gasteiger partial charge in [-0.25, -0.2) is 0 Å². The standard InChI is InChI=1S/C17H16Cl3NO3.H2O/c1-23-13-4-2-11(3-5-13)6-7-21-16(22)10-24-17-14(19)8-12(18)9-15(17)20;/h2-5,8-9H,6-7,10H2,1H3,(H,21,22);1H2. The molecule has 8 heteroatoms. The second kappa shape index (κ2) is 10.4. The molecule has 1 amide bonds. The Morgan fingerprint density at radius 1 is 1.08 bits per heavy atom. The monoisotopic (exact) mass is 405 g/mol. The fraction of sp³-hybridized carbons (Fsp3) is 0.235. The summed E-state index contributed by atoms with van der Waals surface area (Å²) in [5.41, 5.74) is 1.10. The minimum Gasteiger partial charge on any atom is -0.497 e. The van der Waals surface area contributed by atoms with Gasteiger partial charge in [-0.2, -0.15) is 0 Å². The molecule has 0 aliphatic carbocycles. The maximum atomic E-state index is 11.8. The highest BCUT2D eigenvalue weighted by molar-refractivity contribution is 6.40. The third kappa shape index (κ3) is 6.63. The Labute approximate surface area is 161 Å². The van der Waals surface area contributed by atoms with Crippen LogP contribution in [0.5, 0.6) is 11.5 Å². The molecule has 0 heterocycles. The Balaban J connectivity index is 0.00000312. The highest BCUT2D eigenvalue weighted by Crippen LogP contribution is 2.35. The molecule has 0 spiro atoms. The number of ether oxygens (including phenoxy) is 2. The fourth-order valence-corrected chi connectivity index (χ4v) is 2.92. The molecule has 0 aliphatic heterocycles.